The van der Waals surface area contributed by atoms with Gasteiger partial charge in [0.25, 0.3) is 5.91 Å². The number of hydrogen-bond donors (Lipinski definition) is 2. The quantitative estimate of drug-likeness (QED) is 0.581. The Morgan fingerprint density at radius 2 is 2.22 bits per heavy atom. The zero-order valence-electron chi connectivity index (χ0n) is 18.1. The van der Waals surface area contributed by atoms with E-state index in [0.29, 0.717) is 35.1 Å². The molecule has 10 heteroatoms. The lowest BCUT2D eigenvalue weighted by Crippen LogP contribution is -2.32. The van der Waals surface area contributed by atoms with Crippen molar-refractivity contribution in [1.29, 1.82) is 0 Å². The van der Waals surface area contributed by atoms with E-state index in [2.05, 4.69) is 31.0 Å². The standard InChI is InChI=1S/C22H26FN7O2/c1-14-8-17(21-27-29-30(28-21)13-16-4-3-7-24-11-16)10-19(26-14)22(31)25-12-15-5-6-18(23)20(9-15)32-2/h5-6,8-10,16,24H,3-4,7,11-13H2,1-2H3,(H,25,31)/t16-/m1/s1. The van der Waals surface area contributed by atoms with E-state index in [9.17, 15) is 9.18 Å². The maximum absolute atomic E-state index is 13.6. The Hall–Kier alpha value is -3.40. The molecule has 1 aromatic carbocycles. The summed E-state index contributed by atoms with van der Waals surface area (Å²) >= 11 is 0. The number of piperidine rings is 1. The first-order chi connectivity index (χ1) is 15.5. The summed E-state index contributed by atoms with van der Waals surface area (Å²) in [6.45, 7) is 4.74. The van der Waals surface area contributed by atoms with Crippen molar-refractivity contribution in [2.75, 3.05) is 20.2 Å². The number of ether oxygens (including phenoxy) is 1. The Morgan fingerprint density at radius 1 is 1.34 bits per heavy atom. The summed E-state index contributed by atoms with van der Waals surface area (Å²) in [6, 6.07) is 7.93. The average Bonchev–Trinajstić information content (AvgIpc) is 3.27. The molecule has 3 aromatic rings. The maximum Gasteiger partial charge on any atom is 0.270 e. The van der Waals surface area contributed by atoms with Crippen LogP contribution >= 0.6 is 0 Å². The van der Waals surface area contributed by atoms with Gasteiger partial charge in [0.1, 0.15) is 5.69 Å². The van der Waals surface area contributed by atoms with E-state index in [1.165, 1.54) is 13.2 Å². The van der Waals surface area contributed by atoms with E-state index in [1.54, 1.807) is 23.0 Å². The molecule has 3 heterocycles. The van der Waals surface area contributed by atoms with E-state index in [0.717, 1.165) is 25.9 Å². The molecule has 1 aliphatic heterocycles. The molecule has 2 aromatic heterocycles. The number of nitrogens with zero attached hydrogens (tertiary/aromatic N) is 5. The topological polar surface area (TPSA) is 107 Å². The van der Waals surface area contributed by atoms with Crippen LogP contribution in [0.2, 0.25) is 0 Å². The fraction of sp³-hybridized carbons (Fsp3) is 0.409. The number of aryl methyl sites for hydroxylation is 1. The summed E-state index contributed by atoms with van der Waals surface area (Å²) in [5.74, 6) is 0.269. The lowest BCUT2D eigenvalue weighted by molar-refractivity contribution is 0.0945. The number of rotatable bonds is 7. The lowest BCUT2D eigenvalue weighted by atomic mass is 10.0. The van der Waals surface area contributed by atoms with Gasteiger partial charge in [0.2, 0.25) is 5.82 Å². The molecule has 1 fully saturated rings. The number of halogens is 1. The number of tetrazole rings is 1. The van der Waals surface area contributed by atoms with E-state index in [-0.39, 0.29) is 23.9 Å². The van der Waals surface area contributed by atoms with Gasteiger partial charge in [0, 0.05) is 17.8 Å². The average molecular weight is 439 g/mol. The monoisotopic (exact) mass is 439 g/mol. The third-order valence-corrected chi connectivity index (χ3v) is 5.39. The van der Waals surface area contributed by atoms with Crippen LogP contribution in [-0.2, 0) is 13.1 Å². The van der Waals surface area contributed by atoms with Gasteiger partial charge >= 0.3 is 0 Å². The Bertz CT molecular complexity index is 1100. The molecule has 2 N–H and O–H groups in total. The largest absolute Gasteiger partial charge is 0.494 e. The second-order valence-corrected chi connectivity index (χ2v) is 7.91. The maximum atomic E-state index is 13.6. The molecule has 1 amide bonds. The summed E-state index contributed by atoms with van der Waals surface area (Å²) in [5, 5.41) is 19.0. The number of benzene rings is 1. The van der Waals surface area contributed by atoms with Crippen molar-refractivity contribution < 1.29 is 13.9 Å². The Morgan fingerprint density at radius 3 is 3.00 bits per heavy atom. The summed E-state index contributed by atoms with van der Waals surface area (Å²) < 4.78 is 18.6. The SMILES string of the molecule is COc1cc(CNC(=O)c2cc(-c3nnn(C[C@@H]4CCCNC4)n3)cc(C)n2)ccc1F. The second kappa shape index (κ2) is 9.82. The van der Waals surface area contributed by atoms with E-state index >= 15 is 0 Å². The van der Waals surface area contributed by atoms with Crippen LogP contribution in [0.1, 0.15) is 34.6 Å². The van der Waals surface area contributed by atoms with Gasteiger partial charge in [-0.1, -0.05) is 6.07 Å². The molecule has 168 valence electrons. The molecule has 9 nitrogen and oxygen atoms in total. The number of nitrogens with one attached hydrogen (secondary N) is 2. The Balaban J connectivity index is 1.44. The Kier molecular flexibility index (Phi) is 6.69. The minimum atomic E-state index is -0.451. The number of amides is 1. The van der Waals surface area contributed by atoms with Crippen LogP contribution in [0.3, 0.4) is 0 Å². The van der Waals surface area contributed by atoms with Crippen LogP contribution < -0.4 is 15.4 Å². The van der Waals surface area contributed by atoms with Crippen LogP contribution in [0.5, 0.6) is 5.75 Å². The third kappa shape index (κ3) is 5.25. The van der Waals surface area contributed by atoms with Crippen molar-refractivity contribution in [3.8, 4) is 17.1 Å². The molecule has 0 aliphatic carbocycles. The van der Waals surface area contributed by atoms with Crippen molar-refractivity contribution >= 4 is 5.91 Å². The molecule has 0 saturated carbocycles. The van der Waals surface area contributed by atoms with E-state index in [1.807, 2.05) is 13.0 Å². The summed E-state index contributed by atoms with van der Waals surface area (Å²) in [5.41, 5.74) is 2.32. The van der Waals surface area contributed by atoms with E-state index in [4.69, 9.17) is 4.74 Å². The van der Waals surface area contributed by atoms with Crippen LogP contribution in [0.15, 0.2) is 30.3 Å². The highest BCUT2D eigenvalue weighted by atomic mass is 19.1. The van der Waals surface area contributed by atoms with Crippen molar-refractivity contribution in [2.24, 2.45) is 5.92 Å². The first-order valence-corrected chi connectivity index (χ1v) is 10.6. The van der Waals surface area contributed by atoms with Crippen LogP contribution in [0.25, 0.3) is 11.4 Å². The molecular weight excluding hydrogens is 413 g/mol. The van der Waals surface area contributed by atoms with Crippen molar-refractivity contribution in [3.63, 3.8) is 0 Å². The first-order valence-electron chi connectivity index (χ1n) is 10.6. The molecule has 1 atom stereocenters. The van der Waals surface area contributed by atoms with Crippen LogP contribution in [-0.4, -0.2) is 51.3 Å². The van der Waals surface area contributed by atoms with Crippen LogP contribution in [0.4, 0.5) is 4.39 Å². The zero-order valence-corrected chi connectivity index (χ0v) is 18.1. The van der Waals surface area contributed by atoms with E-state index < -0.39 is 5.82 Å². The summed E-state index contributed by atoms with van der Waals surface area (Å²) in [4.78, 5) is 18.6. The van der Waals surface area contributed by atoms with Crippen LogP contribution in [0, 0.1) is 18.7 Å². The van der Waals surface area contributed by atoms with Crippen molar-refractivity contribution in [3.05, 3.63) is 53.1 Å². The molecule has 0 spiro atoms. The van der Waals surface area contributed by atoms with Gasteiger partial charge in [-0.2, -0.15) is 4.80 Å². The van der Waals surface area contributed by atoms with Gasteiger partial charge in [-0.3, -0.25) is 4.79 Å². The number of methoxy groups -OCH3 is 1. The minimum absolute atomic E-state index is 0.130. The van der Waals surface area contributed by atoms with Crippen molar-refractivity contribution in [1.82, 2.24) is 35.8 Å². The fourth-order valence-electron chi connectivity index (χ4n) is 3.75. The highest BCUT2D eigenvalue weighted by molar-refractivity contribution is 5.93. The molecule has 0 radical (unpaired) electrons. The van der Waals surface area contributed by atoms with Crippen molar-refractivity contribution in [2.45, 2.75) is 32.9 Å². The second-order valence-electron chi connectivity index (χ2n) is 7.91. The minimum Gasteiger partial charge on any atom is -0.494 e. The van der Waals surface area contributed by atoms with Gasteiger partial charge in [-0.15, -0.1) is 10.2 Å². The number of hydrogen-bond acceptors (Lipinski definition) is 7. The molecule has 1 saturated heterocycles. The van der Waals surface area contributed by atoms with Gasteiger partial charge in [0.05, 0.1) is 13.7 Å². The number of aromatic nitrogens is 5. The number of pyridine rings is 1. The first kappa shape index (κ1) is 21.8. The summed E-state index contributed by atoms with van der Waals surface area (Å²) in [6.07, 6.45) is 2.29. The molecule has 4 rings (SSSR count). The smallest absolute Gasteiger partial charge is 0.270 e. The number of carbonyl (C=O) groups is 1. The van der Waals surface area contributed by atoms with Gasteiger partial charge in [0.15, 0.2) is 11.6 Å². The van der Waals surface area contributed by atoms with Gasteiger partial charge in [-0.25, -0.2) is 9.37 Å². The fourth-order valence-corrected chi connectivity index (χ4v) is 3.75. The third-order valence-electron chi connectivity index (χ3n) is 5.39. The number of carbonyl (C=O) groups excluding carboxylic acids is 1. The molecule has 0 bridgehead atoms. The predicted molar refractivity (Wildman–Crippen MR) is 116 cm³/mol. The van der Waals surface area contributed by atoms with Gasteiger partial charge in [-0.05, 0) is 73.8 Å². The Labute approximate surface area is 185 Å². The molecule has 1 aliphatic rings. The predicted octanol–water partition coefficient (Wildman–Crippen LogP) is 2.12. The zero-order chi connectivity index (χ0) is 22.5. The molecule has 0 unspecified atom stereocenters. The molecule has 32 heavy (non-hydrogen) atoms. The van der Waals surface area contributed by atoms with Gasteiger partial charge < -0.3 is 15.4 Å². The summed E-state index contributed by atoms with van der Waals surface area (Å²) in [7, 11) is 1.40. The normalized spacial score (nSPS) is 16.0. The highest BCUT2D eigenvalue weighted by Gasteiger charge is 2.17. The lowest BCUT2D eigenvalue weighted by Gasteiger charge is -2.21. The molecular formula is C22H26FN7O2. The highest BCUT2D eigenvalue weighted by Crippen LogP contribution is 2.19.